The number of halogens is 5. The first-order chi connectivity index (χ1) is 18.9. The maximum Gasteiger partial charge on any atom is 0.412 e. The van der Waals surface area contributed by atoms with Gasteiger partial charge in [-0.05, 0) is 29.8 Å². The number of alkyl halides is 3. The van der Waals surface area contributed by atoms with Crippen molar-refractivity contribution in [3.8, 4) is 11.5 Å². The van der Waals surface area contributed by atoms with Crippen LogP contribution in [0.15, 0.2) is 71.1 Å². The summed E-state index contributed by atoms with van der Waals surface area (Å²) >= 11 is 0.954. The Morgan fingerprint density at radius 1 is 1.02 bits per heavy atom. The normalized spacial score (nSPS) is 12.6. The highest BCUT2D eigenvalue weighted by Gasteiger charge is 2.43. The second-order valence-electron chi connectivity index (χ2n) is 8.34. The van der Waals surface area contributed by atoms with E-state index in [9.17, 15) is 26.0 Å². The fourth-order valence-electron chi connectivity index (χ4n) is 3.95. The lowest BCUT2D eigenvalue weighted by molar-refractivity contribution is -0.144. The van der Waals surface area contributed by atoms with E-state index >= 15 is 4.39 Å². The summed E-state index contributed by atoms with van der Waals surface area (Å²) in [6.07, 6.45) is -4.04. The van der Waals surface area contributed by atoms with Crippen molar-refractivity contribution in [1.82, 2.24) is 4.98 Å². The minimum Gasteiger partial charge on any atom is -0.497 e. The summed E-state index contributed by atoms with van der Waals surface area (Å²) in [4.78, 5) is 3.00. The van der Waals surface area contributed by atoms with Crippen LogP contribution in [0.1, 0.15) is 22.7 Å². The zero-order valence-electron chi connectivity index (χ0n) is 20.9. The van der Waals surface area contributed by atoms with Gasteiger partial charge in [-0.25, -0.2) is 22.2 Å². The van der Waals surface area contributed by atoms with Crippen molar-refractivity contribution in [2.75, 3.05) is 24.3 Å². The zero-order chi connectivity index (χ0) is 29.1. The molecule has 0 saturated heterocycles. The van der Waals surface area contributed by atoms with Gasteiger partial charge in [0, 0.05) is 40.9 Å². The molecule has 0 fully saturated rings. The lowest BCUT2D eigenvalue weighted by Gasteiger charge is -2.26. The van der Waals surface area contributed by atoms with E-state index in [1.807, 2.05) is 0 Å². The average Bonchev–Trinajstić information content (AvgIpc) is 3.41. The number of rotatable bonds is 10. The minimum atomic E-state index is -5.00. The lowest BCUT2D eigenvalue weighted by Crippen LogP contribution is -2.29. The minimum absolute atomic E-state index is 0.0309. The number of nitrogens with zero attached hydrogens (tertiary/aromatic N) is 1. The highest BCUT2D eigenvalue weighted by molar-refractivity contribution is 7.93. The van der Waals surface area contributed by atoms with Gasteiger partial charge in [0.2, 0.25) is 0 Å². The second-order valence-corrected chi connectivity index (χ2v) is 10.9. The van der Waals surface area contributed by atoms with Crippen molar-refractivity contribution < 1.29 is 39.8 Å². The third kappa shape index (κ3) is 6.28. The van der Waals surface area contributed by atoms with Gasteiger partial charge in [0.25, 0.3) is 10.0 Å². The first-order valence-electron chi connectivity index (χ1n) is 11.5. The molecule has 0 aliphatic rings. The SMILES string of the molecule is COc1ccc(Cc2c(NC(c3ccccc3F)C(F)(F)F)ccc(S(=O)(=O)Nc3nccs3)c2F)c(OC)c1. The van der Waals surface area contributed by atoms with Crippen LogP contribution in [0.25, 0.3) is 0 Å². The van der Waals surface area contributed by atoms with Crippen LogP contribution in [0.2, 0.25) is 0 Å². The molecule has 0 aliphatic carbocycles. The Labute approximate surface area is 230 Å². The van der Waals surface area contributed by atoms with Gasteiger partial charge in [-0.3, -0.25) is 4.72 Å². The summed E-state index contributed by atoms with van der Waals surface area (Å²) in [5, 5.41) is 3.67. The number of ether oxygens (including phenoxy) is 2. The van der Waals surface area contributed by atoms with Crippen LogP contribution in [-0.2, 0) is 16.4 Å². The summed E-state index contributed by atoms with van der Waals surface area (Å²) < 4.78 is 112. The Kier molecular flexibility index (Phi) is 8.49. The number of nitrogens with one attached hydrogen (secondary N) is 2. The van der Waals surface area contributed by atoms with Crippen LogP contribution >= 0.6 is 11.3 Å². The van der Waals surface area contributed by atoms with Crippen LogP contribution < -0.4 is 19.5 Å². The molecule has 0 saturated carbocycles. The number of aromatic nitrogens is 1. The predicted octanol–water partition coefficient (Wildman–Crippen LogP) is 6.55. The van der Waals surface area contributed by atoms with Crippen LogP contribution in [0, 0.1) is 11.6 Å². The molecule has 1 heterocycles. The van der Waals surface area contributed by atoms with Gasteiger partial charge >= 0.3 is 6.18 Å². The van der Waals surface area contributed by atoms with Gasteiger partial charge in [-0.1, -0.05) is 24.3 Å². The molecule has 1 unspecified atom stereocenters. The van der Waals surface area contributed by atoms with Crippen molar-refractivity contribution >= 4 is 32.2 Å². The lowest BCUT2D eigenvalue weighted by atomic mass is 9.99. The molecule has 0 amide bonds. The number of thiazole rings is 1. The third-order valence-corrected chi connectivity index (χ3v) is 8.03. The maximum absolute atomic E-state index is 16.1. The van der Waals surface area contributed by atoms with E-state index < -0.39 is 55.6 Å². The fraction of sp³-hybridized carbons (Fsp3) is 0.192. The van der Waals surface area contributed by atoms with E-state index in [-0.39, 0.29) is 17.3 Å². The van der Waals surface area contributed by atoms with Crippen molar-refractivity contribution in [3.63, 3.8) is 0 Å². The first-order valence-corrected chi connectivity index (χ1v) is 13.8. The Morgan fingerprint density at radius 2 is 1.77 bits per heavy atom. The van der Waals surface area contributed by atoms with E-state index in [1.54, 1.807) is 0 Å². The number of sulfonamides is 1. The van der Waals surface area contributed by atoms with Crippen LogP contribution in [0.4, 0.5) is 32.8 Å². The van der Waals surface area contributed by atoms with E-state index in [1.165, 1.54) is 56.1 Å². The van der Waals surface area contributed by atoms with Gasteiger partial charge in [-0.15, -0.1) is 11.3 Å². The molecule has 1 atom stereocenters. The first kappa shape index (κ1) is 29.1. The van der Waals surface area contributed by atoms with E-state index in [0.717, 1.165) is 35.6 Å². The van der Waals surface area contributed by atoms with E-state index in [0.29, 0.717) is 11.3 Å². The molecule has 14 heteroatoms. The van der Waals surface area contributed by atoms with E-state index in [2.05, 4.69) is 15.0 Å². The molecular formula is C26H22F5N3O4S2. The molecule has 1 aromatic heterocycles. The molecule has 4 rings (SSSR count). The maximum atomic E-state index is 16.1. The summed E-state index contributed by atoms with van der Waals surface area (Å²) in [6, 6.07) is 8.11. The summed E-state index contributed by atoms with van der Waals surface area (Å²) in [7, 11) is -1.77. The summed E-state index contributed by atoms with van der Waals surface area (Å²) in [5.74, 6) is -1.80. The van der Waals surface area contributed by atoms with Crippen molar-refractivity contribution in [2.45, 2.75) is 23.5 Å². The highest BCUT2D eigenvalue weighted by atomic mass is 32.2. The Morgan fingerprint density at radius 3 is 2.40 bits per heavy atom. The van der Waals surface area contributed by atoms with Crippen LogP contribution in [0.3, 0.4) is 0 Å². The molecule has 0 aliphatic heterocycles. The van der Waals surface area contributed by atoms with Gasteiger partial charge in [0.05, 0.1) is 14.2 Å². The summed E-state index contributed by atoms with van der Waals surface area (Å²) in [6.45, 7) is 0. The fourth-order valence-corrected chi connectivity index (χ4v) is 5.84. The Hall–Kier alpha value is -3.91. The molecule has 7 nitrogen and oxygen atoms in total. The third-order valence-electron chi connectivity index (χ3n) is 5.86. The quantitative estimate of drug-likeness (QED) is 0.201. The monoisotopic (exact) mass is 599 g/mol. The van der Waals surface area contributed by atoms with E-state index in [4.69, 9.17) is 9.47 Å². The molecule has 2 N–H and O–H groups in total. The van der Waals surface area contributed by atoms with Crippen LogP contribution in [-0.4, -0.2) is 33.8 Å². The Balaban J connectivity index is 1.86. The topological polar surface area (TPSA) is 89.5 Å². The van der Waals surface area contributed by atoms with Gasteiger partial charge in [0.1, 0.15) is 28.0 Å². The van der Waals surface area contributed by atoms with Gasteiger partial charge in [0.15, 0.2) is 11.2 Å². The van der Waals surface area contributed by atoms with Crippen molar-refractivity contribution in [2.24, 2.45) is 0 Å². The predicted molar refractivity (Wildman–Crippen MR) is 140 cm³/mol. The molecule has 4 aromatic rings. The Bertz CT molecular complexity index is 1600. The molecule has 0 radical (unpaired) electrons. The number of methoxy groups -OCH3 is 2. The molecule has 0 spiro atoms. The number of hydrogen-bond acceptors (Lipinski definition) is 7. The molecule has 0 bridgehead atoms. The standard InChI is InChI=1S/C26H22F5N3O4S2/c1-37-16-8-7-15(21(14-16)38-2)13-18-20(33-24(26(29,30)31)17-5-3-4-6-19(17)27)9-10-22(23(18)28)40(35,36)34-25-32-11-12-39-25/h3-12,14,24,33H,13H2,1-2H3,(H,32,34). The molecule has 212 valence electrons. The van der Waals surface area contributed by atoms with Gasteiger partial charge < -0.3 is 14.8 Å². The average molecular weight is 600 g/mol. The summed E-state index contributed by atoms with van der Waals surface area (Å²) in [5.41, 5.74) is -1.21. The number of benzene rings is 3. The van der Waals surface area contributed by atoms with Gasteiger partial charge in [-0.2, -0.15) is 13.2 Å². The molecule has 40 heavy (non-hydrogen) atoms. The number of hydrogen-bond donors (Lipinski definition) is 2. The zero-order valence-corrected chi connectivity index (χ0v) is 22.6. The number of anilines is 2. The molecule has 3 aromatic carbocycles. The largest absolute Gasteiger partial charge is 0.497 e. The van der Waals surface area contributed by atoms with Crippen LogP contribution in [0.5, 0.6) is 11.5 Å². The molecular weight excluding hydrogens is 577 g/mol. The van der Waals surface area contributed by atoms with Crippen molar-refractivity contribution in [1.29, 1.82) is 0 Å². The highest BCUT2D eigenvalue weighted by Crippen LogP contribution is 2.40. The van der Waals surface area contributed by atoms with Crippen molar-refractivity contribution in [3.05, 3.63) is 94.5 Å². The second kappa shape index (κ2) is 11.7. The smallest absolute Gasteiger partial charge is 0.412 e.